The summed E-state index contributed by atoms with van der Waals surface area (Å²) in [4.78, 5) is 22.9. The normalized spacial score (nSPS) is 11.6. The van der Waals surface area contributed by atoms with E-state index >= 15 is 0 Å². The van der Waals surface area contributed by atoms with Crippen molar-refractivity contribution in [3.8, 4) is 0 Å². The van der Waals surface area contributed by atoms with Crippen LogP contribution in [0.15, 0.2) is 18.2 Å². The van der Waals surface area contributed by atoms with Crippen LogP contribution in [-0.2, 0) is 22.6 Å². The summed E-state index contributed by atoms with van der Waals surface area (Å²) in [6.07, 6.45) is 1.00. The van der Waals surface area contributed by atoms with Crippen LogP contribution in [0.5, 0.6) is 0 Å². The number of fused-ring (bicyclic) bond motifs is 3. The fraction of sp³-hybridized carbons (Fsp3) is 0.421. The highest BCUT2D eigenvalue weighted by atomic mass is 35.5. The molecule has 8 heteroatoms. The fourth-order valence-electron chi connectivity index (χ4n) is 3.13. The topological polar surface area (TPSA) is 86.3 Å². The minimum absolute atomic E-state index is 0.218. The van der Waals surface area contributed by atoms with E-state index < -0.39 is 0 Å². The van der Waals surface area contributed by atoms with Gasteiger partial charge in [0.25, 0.3) is 0 Å². The zero-order chi connectivity index (χ0) is 19.6. The Hall–Kier alpha value is -2.38. The van der Waals surface area contributed by atoms with E-state index in [-0.39, 0.29) is 5.97 Å². The van der Waals surface area contributed by atoms with Crippen LogP contribution < -0.4 is 5.73 Å². The molecule has 27 heavy (non-hydrogen) atoms. The molecule has 3 rings (SSSR count). The number of nitrogens with zero attached hydrogens (tertiary/aromatic N) is 4. The molecule has 144 valence electrons. The number of imidazole rings is 1. The molecule has 7 nitrogen and oxygen atoms in total. The third kappa shape index (κ3) is 3.99. The molecule has 3 aromatic rings. The van der Waals surface area contributed by atoms with Crippen molar-refractivity contribution in [3.63, 3.8) is 0 Å². The third-order valence-corrected chi connectivity index (χ3v) is 4.92. The number of carbonyl (C=O) groups excluding carboxylic acids is 1. The van der Waals surface area contributed by atoms with Gasteiger partial charge in [-0.25, -0.2) is 9.97 Å². The van der Waals surface area contributed by atoms with Gasteiger partial charge in [0.05, 0.1) is 24.7 Å². The number of pyridine rings is 1. The molecule has 0 aliphatic rings. The number of nitrogens with two attached hydrogens (primary N) is 1. The highest BCUT2D eigenvalue weighted by Crippen LogP contribution is 2.31. The molecule has 1 aromatic carbocycles. The Labute approximate surface area is 163 Å². The van der Waals surface area contributed by atoms with Gasteiger partial charge in [-0.15, -0.1) is 0 Å². The van der Waals surface area contributed by atoms with Crippen LogP contribution >= 0.6 is 11.6 Å². The molecule has 0 aliphatic heterocycles. The molecule has 0 saturated carbocycles. The van der Waals surface area contributed by atoms with Crippen molar-refractivity contribution in [2.45, 2.75) is 32.9 Å². The zero-order valence-electron chi connectivity index (χ0n) is 15.8. The molecular formula is C19H24ClN5O2. The van der Waals surface area contributed by atoms with Crippen LogP contribution in [0.4, 0.5) is 5.82 Å². The number of hydrogen-bond donors (Lipinski definition) is 1. The zero-order valence-corrected chi connectivity index (χ0v) is 16.6. The molecule has 2 aromatic heterocycles. The summed E-state index contributed by atoms with van der Waals surface area (Å²) in [7, 11) is 3.44. The third-order valence-electron chi connectivity index (χ3n) is 4.69. The van der Waals surface area contributed by atoms with Gasteiger partial charge in [-0.2, -0.15) is 0 Å². The van der Waals surface area contributed by atoms with E-state index in [1.54, 1.807) is 6.07 Å². The van der Waals surface area contributed by atoms with E-state index in [0.717, 1.165) is 28.8 Å². The van der Waals surface area contributed by atoms with Gasteiger partial charge in [0.1, 0.15) is 11.3 Å². The van der Waals surface area contributed by atoms with Gasteiger partial charge in [-0.3, -0.25) is 9.69 Å². The molecular weight excluding hydrogens is 366 g/mol. The minimum Gasteiger partial charge on any atom is -0.469 e. The fourth-order valence-corrected chi connectivity index (χ4v) is 3.30. The van der Waals surface area contributed by atoms with Crippen molar-refractivity contribution in [3.05, 3.63) is 29.0 Å². The standard InChI is InChI=1S/C19H24ClN5O2/c1-4-24(2)11-15-23-17-18(25(15)9-5-6-16(26)27-3)13-8-7-12(20)10-14(13)22-19(17)21/h7-8,10H,4-6,9,11H2,1-3H3,(H2,21,22). The maximum absolute atomic E-state index is 11.5. The van der Waals surface area contributed by atoms with E-state index in [0.29, 0.717) is 42.3 Å². The predicted molar refractivity (Wildman–Crippen MR) is 108 cm³/mol. The van der Waals surface area contributed by atoms with E-state index in [9.17, 15) is 4.79 Å². The summed E-state index contributed by atoms with van der Waals surface area (Å²) >= 11 is 6.13. The average molecular weight is 390 g/mol. The smallest absolute Gasteiger partial charge is 0.305 e. The highest BCUT2D eigenvalue weighted by Gasteiger charge is 2.18. The van der Waals surface area contributed by atoms with Crippen molar-refractivity contribution in [1.29, 1.82) is 0 Å². The van der Waals surface area contributed by atoms with Crippen LogP contribution in [0.1, 0.15) is 25.6 Å². The van der Waals surface area contributed by atoms with Crippen LogP contribution in [0.2, 0.25) is 5.02 Å². The number of methoxy groups -OCH3 is 1. The van der Waals surface area contributed by atoms with Crippen molar-refractivity contribution < 1.29 is 9.53 Å². The first-order chi connectivity index (χ1) is 12.9. The molecule has 0 radical (unpaired) electrons. The van der Waals surface area contributed by atoms with Gasteiger partial charge in [0.2, 0.25) is 0 Å². The first kappa shape index (κ1) is 19.4. The Morgan fingerprint density at radius 2 is 2.15 bits per heavy atom. The molecule has 0 amide bonds. The van der Waals surface area contributed by atoms with Crippen LogP contribution in [0.3, 0.4) is 0 Å². The summed E-state index contributed by atoms with van der Waals surface area (Å²) in [5, 5.41) is 1.55. The van der Waals surface area contributed by atoms with Crippen LogP contribution in [0.25, 0.3) is 21.9 Å². The van der Waals surface area contributed by atoms with Gasteiger partial charge in [-0.05, 0) is 38.2 Å². The second kappa shape index (κ2) is 8.10. The molecule has 0 aliphatic carbocycles. The summed E-state index contributed by atoms with van der Waals surface area (Å²) < 4.78 is 6.89. The number of halogens is 1. The molecule has 0 spiro atoms. The Balaban J connectivity index is 2.14. The summed E-state index contributed by atoms with van der Waals surface area (Å²) in [6, 6.07) is 5.58. The quantitative estimate of drug-likeness (QED) is 0.624. The number of benzene rings is 1. The van der Waals surface area contributed by atoms with Crippen molar-refractivity contribution in [2.75, 3.05) is 26.4 Å². The number of esters is 1. The number of hydrogen-bond acceptors (Lipinski definition) is 6. The average Bonchev–Trinajstić information content (AvgIpc) is 3.00. The molecule has 0 atom stereocenters. The lowest BCUT2D eigenvalue weighted by Gasteiger charge is -2.15. The molecule has 2 N–H and O–H groups in total. The van der Waals surface area contributed by atoms with Gasteiger partial charge in [-0.1, -0.05) is 18.5 Å². The monoisotopic (exact) mass is 389 g/mol. The number of aromatic nitrogens is 3. The second-order valence-electron chi connectivity index (χ2n) is 6.55. The second-order valence-corrected chi connectivity index (χ2v) is 6.98. The van der Waals surface area contributed by atoms with E-state index in [1.807, 2.05) is 19.2 Å². The molecule has 0 unspecified atom stereocenters. The Kier molecular flexibility index (Phi) is 5.82. The number of aryl methyl sites for hydroxylation is 1. The summed E-state index contributed by atoms with van der Waals surface area (Å²) in [5.41, 5.74) is 8.54. The molecule has 2 heterocycles. The van der Waals surface area contributed by atoms with Gasteiger partial charge < -0.3 is 15.0 Å². The highest BCUT2D eigenvalue weighted by molar-refractivity contribution is 6.31. The van der Waals surface area contributed by atoms with Gasteiger partial charge in [0.15, 0.2) is 5.82 Å². The number of ether oxygens (including phenoxy) is 1. The van der Waals surface area contributed by atoms with Crippen molar-refractivity contribution >= 4 is 45.3 Å². The summed E-state index contributed by atoms with van der Waals surface area (Å²) in [5.74, 6) is 1.06. The predicted octanol–water partition coefficient (Wildman–Crippen LogP) is 3.23. The first-order valence-electron chi connectivity index (χ1n) is 8.93. The lowest BCUT2D eigenvalue weighted by molar-refractivity contribution is -0.140. The lowest BCUT2D eigenvalue weighted by atomic mass is 10.2. The summed E-state index contributed by atoms with van der Waals surface area (Å²) in [6.45, 7) is 4.31. The van der Waals surface area contributed by atoms with Gasteiger partial charge in [0, 0.05) is 23.4 Å². The lowest BCUT2D eigenvalue weighted by Crippen LogP contribution is -2.20. The van der Waals surface area contributed by atoms with Crippen molar-refractivity contribution in [2.24, 2.45) is 0 Å². The minimum atomic E-state index is -0.218. The Bertz CT molecular complexity index is 985. The first-order valence-corrected chi connectivity index (χ1v) is 9.31. The van der Waals surface area contributed by atoms with E-state index in [1.165, 1.54) is 7.11 Å². The number of nitrogen functional groups attached to an aromatic ring is 1. The van der Waals surface area contributed by atoms with Crippen LogP contribution in [-0.4, -0.2) is 46.1 Å². The van der Waals surface area contributed by atoms with Crippen LogP contribution in [0, 0.1) is 0 Å². The van der Waals surface area contributed by atoms with Gasteiger partial charge >= 0.3 is 5.97 Å². The maximum atomic E-state index is 11.5. The Morgan fingerprint density at radius 1 is 1.37 bits per heavy atom. The largest absolute Gasteiger partial charge is 0.469 e. The van der Waals surface area contributed by atoms with E-state index in [4.69, 9.17) is 27.1 Å². The number of carbonyl (C=O) groups is 1. The number of anilines is 1. The van der Waals surface area contributed by atoms with Crippen molar-refractivity contribution in [1.82, 2.24) is 19.4 Å². The molecule has 0 saturated heterocycles. The SMILES string of the molecule is CCN(C)Cc1nc2c(N)nc3cc(Cl)ccc3c2n1CCCC(=O)OC. The Morgan fingerprint density at radius 3 is 2.85 bits per heavy atom. The maximum Gasteiger partial charge on any atom is 0.305 e. The van der Waals surface area contributed by atoms with E-state index in [2.05, 4.69) is 21.4 Å². The number of rotatable bonds is 7. The molecule has 0 fully saturated rings. The molecule has 0 bridgehead atoms.